The van der Waals surface area contributed by atoms with E-state index >= 15 is 0 Å². The summed E-state index contributed by atoms with van der Waals surface area (Å²) in [5.74, 6) is 2.72. The van der Waals surface area contributed by atoms with Crippen LogP contribution in [0.15, 0.2) is 21.1 Å². The maximum atomic E-state index is 5.42. The summed E-state index contributed by atoms with van der Waals surface area (Å²) in [4.78, 5) is 0. The molecule has 0 radical (unpaired) electrons. The highest BCUT2D eigenvalue weighted by atomic mass is 79.9. The van der Waals surface area contributed by atoms with Gasteiger partial charge in [-0.2, -0.15) is 0 Å². The molecule has 0 aliphatic heterocycles. The number of hydrogen-bond donors (Lipinski definition) is 1. The zero-order valence-electron chi connectivity index (χ0n) is 8.77. The van der Waals surface area contributed by atoms with Crippen molar-refractivity contribution in [1.29, 1.82) is 0 Å². The number of anilines is 1. The minimum absolute atomic E-state index is 0.0697. The van der Waals surface area contributed by atoms with E-state index in [2.05, 4.69) is 69.1 Å². The molecule has 15 heavy (non-hydrogen) atoms. The summed E-state index contributed by atoms with van der Waals surface area (Å²) in [5.41, 5.74) is 2.22. The van der Waals surface area contributed by atoms with Crippen LogP contribution in [-0.2, 0) is 0 Å². The third-order valence-corrected chi connectivity index (χ3v) is 3.37. The molecule has 80 valence electrons. The first-order valence-corrected chi connectivity index (χ1v) is 6.35. The van der Waals surface area contributed by atoms with Gasteiger partial charge in [0.05, 0.1) is 11.7 Å². The highest BCUT2D eigenvalue weighted by Crippen LogP contribution is 2.32. The lowest BCUT2D eigenvalue weighted by molar-refractivity contribution is 0.856. The molecule has 0 saturated carbocycles. The lowest BCUT2D eigenvalue weighted by Gasteiger charge is -2.16. The first kappa shape index (κ1) is 12.6. The van der Waals surface area contributed by atoms with Crippen molar-refractivity contribution >= 4 is 37.5 Å². The number of halogens is 2. The molecule has 0 aromatic heterocycles. The molecule has 1 rings (SSSR count). The summed E-state index contributed by atoms with van der Waals surface area (Å²) in [5, 5.41) is 3.31. The molecule has 3 heteroatoms. The highest BCUT2D eigenvalue weighted by molar-refractivity contribution is 9.11. The van der Waals surface area contributed by atoms with Crippen LogP contribution in [0.2, 0.25) is 0 Å². The predicted molar refractivity (Wildman–Crippen MR) is 73.1 cm³/mol. The van der Waals surface area contributed by atoms with Crippen LogP contribution in [0.5, 0.6) is 0 Å². The molecule has 0 fully saturated rings. The summed E-state index contributed by atoms with van der Waals surface area (Å²) in [7, 11) is 0. The Bertz CT molecular complexity index is 370. The van der Waals surface area contributed by atoms with E-state index in [9.17, 15) is 0 Å². The third kappa shape index (κ3) is 3.25. The average Bonchev–Trinajstić information content (AvgIpc) is 2.17. The van der Waals surface area contributed by atoms with Crippen LogP contribution in [-0.4, -0.2) is 6.04 Å². The smallest absolute Gasteiger partial charge is 0.0872 e. The summed E-state index contributed by atoms with van der Waals surface area (Å²) < 4.78 is 2.06. The van der Waals surface area contributed by atoms with Gasteiger partial charge in [-0.25, -0.2) is 0 Å². The second-order valence-electron chi connectivity index (χ2n) is 3.38. The highest BCUT2D eigenvalue weighted by Gasteiger charge is 2.09. The second-order valence-corrected chi connectivity index (χ2v) is 5.08. The Morgan fingerprint density at radius 1 is 1.40 bits per heavy atom. The maximum Gasteiger partial charge on any atom is 0.0872 e. The van der Waals surface area contributed by atoms with Crippen molar-refractivity contribution in [1.82, 2.24) is 0 Å². The van der Waals surface area contributed by atoms with Gasteiger partial charge in [-0.3, -0.25) is 0 Å². The Balaban J connectivity index is 3.00. The molecule has 1 aromatic rings. The fraction of sp³-hybridized carbons (Fsp3) is 0.333. The van der Waals surface area contributed by atoms with E-state index < -0.39 is 0 Å². The molecule has 0 amide bonds. The Labute approximate surface area is 108 Å². The largest absolute Gasteiger partial charge is 0.370 e. The first-order valence-electron chi connectivity index (χ1n) is 4.76. The summed E-state index contributed by atoms with van der Waals surface area (Å²) in [6.07, 6.45) is 6.32. The molecule has 0 heterocycles. The minimum atomic E-state index is 0.0697. The summed E-state index contributed by atoms with van der Waals surface area (Å²) in [6, 6.07) is 4.20. The molecular weight excluding hydrogens is 318 g/mol. The number of benzene rings is 1. The van der Waals surface area contributed by atoms with E-state index in [0.29, 0.717) is 0 Å². The molecule has 0 aliphatic carbocycles. The van der Waals surface area contributed by atoms with E-state index in [1.165, 1.54) is 5.56 Å². The van der Waals surface area contributed by atoms with Gasteiger partial charge in [0, 0.05) is 8.95 Å². The van der Waals surface area contributed by atoms with Crippen molar-refractivity contribution in [3.63, 3.8) is 0 Å². The lowest BCUT2D eigenvalue weighted by atomic mass is 10.2. The molecule has 1 N–H and O–H groups in total. The van der Waals surface area contributed by atoms with Crippen LogP contribution in [0.25, 0.3) is 0 Å². The van der Waals surface area contributed by atoms with E-state index in [4.69, 9.17) is 6.42 Å². The third-order valence-electron chi connectivity index (χ3n) is 2.11. The number of aryl methyl sites for hydroxylation is 1. The van der Waals surface area contributed by atoms with Crippen molar-refractivity contribution < 1.29 is 0 Å². The van der Waals surface area contributed by atoms with Gasteiger partial charge in [0.25, 0.3) is 0 Å². The van der Waals surface area contributed by atoms with Crippen molar-refractivity contribution in [2.75, 3.05) is 5.32 Å². The predicted octanol–water partition coefficient (Wildman–Crippen LogP) is 4.34. The molecule has 0 saturated heterocycles. The van der Waals surface area contributed by atoms with Crippen LogP contribution in [0, 0.1) is 19.3 Å². The van der Waals surface area contributed by atoms with Gasteiger partial charge in [-0.1, -0.05) is 12.8 Å². The van der Waals surface area contributed by atoms with Crippen LogP contribution in [0.4, 0.5) is 5.69 Å². The molecule has 1 aromatic carbocycles. The Morgan fingerprint density at radius 3 is 2.33 bits per heavy atom. The molecule has 0 bridgehead atoms. The van der Waals surface area contributed by atoms with Gasteiger partial charge in [0.15, 0.2) is 0 Å². The van der Waals surface area contributed by atoms with Crippen LogP contribution < -0.4 is 5.32 Å². The summed E-state index contributed by atoms with van der Waals surface area (Å²) >= 11 is 7.05. The molecule has 1 atom stereocenters. The normalized spacial score (nSPS) is 11.9. The maximum absolute atomic E-state index is 5.42. The Morgan fingerprint density at radius 2 is 1.93 bits per heavy atom. The number of terminal acetylenes is 1. The average molecular weight is 331 g/mol. The van der Waals surface area contributed by atoms with Gasteiger partial charge in [-0.15, -0.1) is 6.42 Å². The van der Waals surface area contributed by atoms with E-state index in [0.717, 1.165) is 21.1 Å². The standard InChI is InChI=1S/C12H13Br2N/c1-4-9(5-2)15-12-10(13)6-8(3)7-11(12)14/h1,6-7,9,15H,5H2,2-3H3. The molecule has 1 nitrogen and oxygen atoms in total. The van der Waals surface area contributed by atoms with E-state index in [-0.39, 0.29) is 6.04 Å². The van der Waals surface area contributed by atoms with Crippen LogP contribution in [0.1, 0.15) is 18.9 Å². The van der Waals surface area contributed by atoms with E-state index in [1.54, 1.807) is 0 Å². The Hall–Kier alpha value is -0.460. The van der Waals surface area contributed by atoms with Gasteiger partial charge < -0.3 is 5.32 Å². The fourth-order valence-electron chi connectivity index (χ4n) is 1.27. The molecule has 0 spiro atoms. The lowest BCUT2D eigenvalue weighted by Crippen LogP contribution is -2.16. The fourth-order valence-corrected chi connectivity index (χ4v) is 2.92. The topological polar surface area (TPSA) is 12.0 Å². The van der Waals surface area contributed by atoms with Gasteiger partial charge in [-0.05, 0) is 62.9 Å². The van der Waals surface area contributed by atoms with Crippen molar-refractivity contribution in [3.05, 3.63) is 26.6 Å². The quantitative estimate of drug-likeness (QED) is 0.813. The molecule has 0 aliphatic rings. The second kappa shape index (κ2) is 5.58. The zero-order valence-corrected chi connectivity index (χ0v) is 11.9. The van der Waals surface area contributed by atoms with Gasteiger partial charge >= 0.3 is 0 Å². The van der Waals surface area contributed by atoms with Gasteiger partial charge in [0.1, 0.15) is 0 Å². The number of hydrogen-bond acceptors (Lipinski definition) is 1. The SMILES string of the molecule is C#CC(CC)Nc1c(Br)cc(C)cc1Br. The molecule has 1 unspecified atom stereocenters. The zero-order chi connectivity index (χ0) is 11.4. The Kier molecular flexibility index (Phi) is 4.69. The monoisotopic (exact) mass is 329 g/mol. The van der Waals surface area contributed by atoms with Crippen molar-refractivity contribution in [2.45, 2.75) is 26.3 Å². The van der Waals surface area contributed by atoms with Crippen LogP contribution in [0.3, 0.4) is 0 Å². The van der Waals surface area contributed by atoms with E-state index in [1.807, 2.05) is 0 Å². The van der Waals surface area contributed by atoms with Crippen molar-refractivity contribution in [2.24, 2.45) is 0 Å². The van der Waals surface area contributed by atoms with Crippen LogP contribution >= 0.6 is 31.9 Å². The first-order chi connectivity index (χ1) is 7.08. The number of nitrogens with one attached hydrogen (secondary N) is 1. The minimum Gasteiger partial charge on any atom is -0.370 e. The summed E-state index contributed by atoms with van der Waals surface area (Å²) in [6.45, 7) is 4.12. The molecular formula is C12H13Br2N. The van der Waals surface area contributed by atoms with Gasteiger partial charge in [0.2, 0.25) is 0 Å². The number of rotatable bonds is 3. The van der Waals surface area contributed by atoms with Crippen molar-refractivity contribution in [3.8, 4) is 12.3 Å².